The molecule has 86 valence electrons. The van der Waals surface area contributed by atoms with Crippen LogP contribution in [0.1, 0.15) is 17.2 Å². The third kappa shape index (κ3) is 2.25. The lowest BCUT2D eigenvalue weighted by Gasteiger charge is -2.13. The van der Waals surface area contributed by atoms with E-state index in [4.69, 9.17) is 5.53 Å². The third-order valence-corrected chi connectivity index (χ3v) is 2.55. The van der Waals surface area contributed by atoms with Crippen molar-refractivity contribution in [3.05, 3.63) is 59.7 Å². The molecule has 17 heavy (non-hydrogen) atoms. The second-order valence-electron chi connectivity index (χ2n) is 3.69. The quantitative estimate of drug-likeness (QED) is 0.705. The van der Waals surface area contributed by atoms with E-state index in [-0.39, 0.29) is 11.5 Å². The van der Waals surface area contributed by atoms with Crippen LogP contribution in [0.25, 0.3) is 0 Å². The minimum absolute atomic E-state index is 0.0111. The second kappa shape index (κ2) is 4.65. The molecule has 0 radical (unpaired) electrons. The molecule has 0 aliphatic rings. The van der Waals surface area contributed by atoms with Crippen LogP contribution in [0.2, 0.25) is 0 Å². The molecule has 0 heterocycles. The largest absolute Gasteiger partial charge is 0.508 e. The number of aromatic hydroxyl groups is 2. The molecule has 2 aromatic rings. The third-order valence-electron chi connectivity index (χ3n) is 2.55. The Balaban J connectivity index is 2.46. The smallest absolute Gasteiger partial charge is 0.125 e. The average molecular weight is 228 g/mol. The standard InChI is InChI=1S/C13H12N2O2/c14-15-13(9-4-2-1-3-5-9)11-7-6-10(16)8-12(11)17/h1-8,13-14,16-17H. The first-order valence-electron chi connectivity index (χ1n) is 5.16. The van der Waals surface area contributed by atoms with Crippen LogP contribution < -0.4 is 0 Å². The Bertz CT molecular complexity index is 526. The molecule has 0 fully saturated rings. The first-order chi connectivity index (χ1) is 8.22. The Morgan fingerprint density at radius 3 is 2.29 bits per heavy atom. The zero-order valence-corrected chi connectivity index (χ0v) is 9.04. The molecule has 0 aliphatic carbocycles. The zero-order valence-electron chi connectivity index (χ0n) is 9.04. The number of nitrogens with one attached hydrogen (secondary N) is 1. The van der Waals surface area contributed by atoms with Crippen molar-refractivity contribution in [3.63, 3.8) is 0 Å². The van der Waals surface area contributed by atoms with Crippen LogP contribution in [0.5, 0.6) is 11.5 Å². The van der Waals surface area contributed by atoms with E-state index >= 15 is 0 Å². The maximum absolute atomic E-state index is 9.75. The summed E-state index contributed by atoms with van der Waals surface area (Å²) >= 11 is 0. The zero-order chi connectivity index (χ0) is 12.3. The van der Waals surface area contributed by atoms with Crippen LogP contribution in [0.3, 0.4) is 0 Å². The van der Waals surface area contributed by atoms with Gasteiger partial charge in [-0.05, 0) is 17.7 Å². The summed E-state index contributed by atoms with van der Waals surface area (Å²) in [6.07, 6.45) is 0. The number of rotatable bonds is 3. The molecule has 1 unspecified atom stereocenters. The van der Waals surface area contributed by atoms with E-state index in [9.17, 15) is 10.2 Å². The van der Waals surface area contributed by atoms with Gasteiger partial charge in [0.15, 0.2) is 0 Å². The molecule has 2 aromatic carbocycles. The highest BCUT2D eigenvalue weighted by Gasteiger charge is 2.16. The molecule has 2 rings (SSSR count). The summed E-state index contributed by atoms with van der Waals surface area (Å²) in [4.78, 5) is 0. The minimum Gasteiger partial charge on any atom is -0.508 e. The number of hydrogen-bond donors (Lipinski definition) is 3. The molecular weight excluding hydrogens is 216 g/mol. The van der Waals surface area contributed by atoms with Crippen molar-refractivity contribution in [1.29, 1.82) is 5.53 Å². The molecule has 0 saturated carbocycles. The molecule has 0 aromatic heterocycles. The fraction of sp³-hybridized carbons (Fsp3) is 0.0769. The number of phenolic OH excluding ortho intramolecular Hbond substituents is 2. The van der Waals surface area contributed by atoms with Crippen LogP contribution in [-0.4, -0.2) is 10.2 Å². The van der Waals surface area contributed by atoms with Crippen molar-refractivity contribution >= 4 is 0 Å². The summed E-state index contributed by atoms with van der Waals surface area (Å²) in [6.45, 7) is 0. The van der Waals surface area contributed by atoms with E-state index in [0.29, 0.717) is 5.56 Å². The summed E-state index contributed by atoms with van der Waals surface area (Å²) in [6, 6.07) is 13.0. The molecule has 0 bridgehead atoms. The Kier molecular flexibility index (Phi) is 3.05. The van der Waals surface area contributed by atoms with Gasteiger partial charge in [-0.2, -0.15) is 5.11 Å². The predicted molar refractivity (Wildman–Crippen MR) is 63.2 cm³/mol. The molecule has 0 aliphatic heterocycles. The molecule has 1 atom stereocenters. The van der Waals surface area contributed by atoms with Gasteiger partial charge >= 0.3 is 0 Å². The lowest BCUT2D eigenvalue weighted by Crippen LogP contribution is -1.97. The van der Waals surface area contributed by atoms with Crippen molar-refractivity contribution in [3.8, 4) is 11.5 Å². The van der Waals surface area contributed by atoms with Crippen molar-refractivity contribution in [2.45, 2.75) is 6.04 Å². The van der Waals surface area contributed by atoms with Gasteiger partial charge in [-0.25, -0.2) is 5.53 Å². The van der Waals surface area contributed by atoms with E-state index in [0.717, 1.165) is 5.56 Å². The summed E-state index contributed by atoms with van der Waals surface area (Å²) in [5.41, 5.74) is 8.56. The molecule has 0 amide bonds. The van der Waals surface area contributed by atoms with Gasteiger partial charge in [0.2, 0.25) is 0 Å². The van der Waals surface area contributed by atoms with Crippen molar-refractivity contribution in [2.75, 3.05) is 0 Å². The molecule has 4 heteroatoms. The van der Waals surface area contributed by atoms with Crippen LogP contribution in [0.15, 0.2) is 53.6 Å². The van der Waals surface area contributed by atoms with Gasteiger partial charge in [-0.15, -0.1) is 0 Å². The first kappa shape index (κ1) is 11.1. The predicted octanol–water partition coefficient (Wildman–Crippen LogP) is 3.22. The van der Waals surface area contributed by atoms with Crippen LogP contribution >= 0.6 is 0 Å². The summed E-state index contributed by atoms with van der Waals surface area (Å²) in [7, 11) is 0. The molecule has 3 N–H and O–H groups in total. The average Bonchev–Trinajstić information content (AvgIpc) is 2.34. The highest BCUT2D eigenvalue weighted by molar-refractivity contribution is 5.44. The Labute approximate surface area is 98.7 Å². The number of nitrogens with zero attached hydrogens (tertiary/aromatic N) is 1. The Morgan fingerprint density at radius 1 is 1.00 bits per heavy atom. The lowest BCUT2D eigenvalue weighted by molar-refractivity contribution is 0.443. The molecule has 4 nitrogen and oxygen atoms in total. The number of phenols is 2. The number of hydrogen-bond acceptors (Lipinski definition) is 4. The van der Waals surface area contributed by atoms with Gasteiger partial charge in [0.05, 0.1) is 0 Å². The van der Waals surface area contributed by atoms with Crippen LogP contribution in [0.4, 0.5) is 0 Å². The van der Waals surface area contributed by atoms with E-state index < -0.39 is 6.04 Å². The van der Waals surface area contributed by atoms with Crippen LogP contribution in [-0.2, 0) is 0 Å². The first-order valence-corrected chi connectivity index (χ1v) is 5.16. The lowest BCUT2D eigenvalue weighted by atomic mass is 9.98. The highest BCUT2D eigenvalue weighted by atomic mass is 16.3. The van der Waals surface area contributed by atoms with Crippen molar-refractivity contribution in [2.24, 2.45) is 5.11 Å². The SMILES string of the molecule is N=NC(c1ccccc1)c1ccc(O)cc1O. The maximum Gasteiger partial charge on any atom is 0.125 e. The van der Waals surface area contributed by atoms with Crippen molar-refractivity contribution in [1.82, 2.24) is 0 Å². The summed E-state index contributed by atoms with van der Waals surface area (Å²) < 4.78 is 0. The van der Waals surface area contributed by atoms with Gasteiger partial charge in [0, 0.05) is 11.6 Å². The minimum atomic E-state index is -0.545. The van der Waals surface area contributed by atoms with Gasteiger partial charge < -0.3 is 10.2 Å². The van der Waals surface area contributed by atoms with E-state index in [1.54, 1.807) is 6.07 Å². The van der Waals surface area contributed by atoms with Gasteiger partial charge in [-0.1, -0.05) is 30.3 Å². The highest BCUT2D eigenvalue weighted by Crippen LogP contribution is 2.34. The Hall–Kier alpha value is -2.36. The fourth-order valence-corrected chi connectivity index (χ4v) is 1.72. The fourth-order valence-electron chi connectivity index (χ4n) is 1.72. The van der Waals surface area contributed by atoms with E-state index in [2.05, 4.69) is 5.11 Å². The van der Waals surface area contributed by atoms with E-state index in [1.165, 1.54) is 12.1 Å². The van der Waals surface area contributed by atoms with E-state index in [1.807, 2.05) is 30.3 Å². The van der Waals surface area contributed by atoms with Gasteiger partial charge in [0.25, 0.3) is 0 Å². The normalized spacial score (nSPS) is 12.0. The Morgan fingerprint density at radius 2 is 1.71 bits per heavy atom. The number of benzene rings is 2. The van der Waals surface area contributed by atoms with Gasteiger partial charge in [-0.3, -0.25) is 0 Å². The topological polar surface area (TPSA) is 76.7 Å². The summed E-state index contributed by atoms with van der Waals surface area (Å²) in [5.74, 6) is -0.0714. The molecular formula is C13H12N2O2. The van der Waals surface area contributed by atoms with Crippen molar-refractivity contribution < 1.29 is 10.2 Å². The van der Waals surface area contributed by atoms with Crippen LogP contribution in [0, 0.1) is 5.53 Å². The monoisotopic (exact) mass is 228 g/mol. The second-order valence-corrected chi connectivity index (χ2v) is 3.69. The maximum atomic E-state index is 9.75. The van der Waals surface area contributed by atoms with Gasteiger partial charge in [0.1, 0.15) is 17.5 Å². The molecule has 0 saturated heterocycles. The summed E-state index contributed by atoms with van der Waals surface area (Å²) in [5, 5.41) is 22.5. The molecule has 0 spiro atoms.